The Morgan fingerprint density at radius 2 is 1.57 bits per heavy atom. The zero-order valence-electron chi connectivity index (χ0n) is 20.8. The van der Waals surface area contributed by atoms with E-state index in [0.717, 1.165) is 6.42 Å². The van der Waals surface area contributed by atoms with Crippen molar-refractivity contribution in [3.63, 3.8) is 0 Å². The van der Waals surface area contributed by atoms with E-state index in [1.165, 1.54) is 28.7 Å². The summed E-state index contributed by atoms with van der Waals surface area (Å²) in [7, 11) is 0. The summed E-state index contributed by atoms with van der Waals surface area (Å²) in [6, 6.07) is 8.76. The molecule has 0 radical (unpaired) electrons. The van der Waals surface area contributed by atoms with E-state index in [0.29, 0.717) is 0 Å². The minimum atomic E-state index is 0.0395. The number of rotatable bonds is 7. The molecule has 0 N–H and O–H groups in total. The molecule has 0 spiro atoms. The van der Waals surface area contributed by atoms with Crippen LogP contribution in [0.15, 0.2) is 83.5 Å². The van der Waals surface area contributed by atoms with Crippen molar-refractivity contribution in [3.8, 4) is 0 Å². The van der Waals surface area contributed by atoms with Gasteiger partial charge in [0.1, 0.15) is 0 Å². The molecule has 0 saturated carbocycles. The van der Waals surface area contributed by atoms with Gasteiger partial charge in [0.2, 0.25) is 0 Å². The van der Waals surface area contributed by atoms with Crippen LogP contribution in [-0.2, 0) is 5.41 Å². The fourth-order valence-corrected chi connectivity index (χ4v) is 4.43. The van der Waals surface area contributed by atoms with Gasteiger partial charge >= 0.3 is 0 Å². The third-order valence-corrected chi connectivity index (χ3v) is 7.66. The van der Waals surface area contributed by atoms with Crippen LogP contribution < -0.4 is 0 Å². The van der Waals surface area contributed by atoms with Gasteiger partial charge in [-0.15, -0.1) is 0 Å². The maximum absolute atomic E-state index is 2.36. The number of benzene rings is 1. The Hall–Kier alpha value is -2.08. The average Bonchev–Trinajstić information content (AvgIpc) is 2.67. The van der Waals surface area contributed by atoms with Gasteiger partial charge in [-0.05, 0) is 55.6 Å². The Kier molecular flexibility index (Phi) is 7.56. The quantitative estimate of drug-likeness (QED) is 0.399. The summed E-state index contributed by atoms with van der Waals surface area (Å²) in [5, 5.41) is 0. The smallest absolute Gasteiger partial charge is 0.00702 e. The molecular weight excluding hydrogens is 360 g/mol. The maximum Gasteiger partial charge on any atom is 0.00702 e. The molecule has 0 aliphatic heterocycles. The van der Waals surface area contributed by atoms with E-state index in [1.54, 1.807) is 5.57 Å². The molecule has 1 aliphatic rings. The molecule has 0 atom stereocenters. The second-order valence-corrected chi connectivity index (χ2v) is 10.5. The van der Waals surface area contributed by atoms with Gasteiger partial charge in [-0.25, -0.2) is 0 Å². The van der Waals surface area contributed by atoms with Crippen LogP contribution in [0.5, 0.6) is 0 Å². The van der Waals surface area contributed by atoms with E-state index in [2.05, 4.69) is 129 Å². The van der Waals surface area contributed by atoms with Crippen molar-refractivity contribution < 1.29 is 0 Å². The molecule has 0 unspecified atom stereocenters. The first-order valence-electron chi connectivity index (χ1n) is 11.4. The minimum absolute atomic E-state index is 0.0395. The highest BCUT2D eigenvalue weighted by molar-refractivity contribution is 5.38. The first kappa shape index (κ1) is 24.2. The first-order chi connectivity index (χ1) is 13.9. The van der Waals surface area contributed by atoms with E-state index >= 15 is 0 Å². The topological polar surface area (TPSA) is 0 Å². The van der Waals surface area contributed by atoms with Crippen molar-refractivity contribution >= 4 is 0 Å². The van der Waals surface area contributed by atoms with Gasteiger partial charge in [0.05, 0.1) is 0 Å². The molecular formula is C30H42. The molecule has 0 bridgehead atoms. The van der Waals surface area contributed by atoms with Crippen LogP contribution >= 0.6 is 0 Å². The summed E-state index contributed by atoms with van der Waals surface area (Å²) in [5.41, 5.74) is 7.40. The zero-order chi connectivity index (χ0) is 22.6. The molecule has 0 nitrogen and oxygen atoms in total. The zero-order valence-corrected chi connectivity index (χ0v) is 20.8. The van der Waals surface area contributed by atoms with E-state index < -0.39 is 0 Å². The lowest BCUT2D eigenvalue weighted by molar-refractivity contribution is 0.266. The van der Waals surface area contributed by atoms with Gasteiger partial charge in [0.25, 0.3) is 0 Å². The number of aryl methyl sites for hydroxylation is 1. The first-order valence-corrected chi connectivity index (χ1v) is 11.4. The molecule has 0 aromatic heterocycles. The number of allylic oxidation sites excluding steroid dienone is 10. The summed E-state index contributed by atoms with van der Waals surface area (Å²) >= 11 is 0. The summed E-state index contributed by atoms with van der Waals surface area (Å²) < 4.78 is 0. The van der Waals surface area contributed by atoms with Gasteiger partial charge in [-0.1, -0.05) is 125 Å². The van der Waals surface area contributed by atoms with Crippen molar-refractivity contribution in [1.29, 1.82) is 0 Å². The van der Waals surface area contributed by atoms with Gasteiger partial charge in [-0.2, -0.15) is 0 Å². The SMILES string of the molecule is CC1=C(C(C)(C)\C(C)=C/C=C/C=C/C(C)(C)C(C)(C)c2ccccc2C)CCC=C1. The lowest BCUT2D eigenvalue weighted by Crippen LogP contribution is -2.35. The third kappa shape index (κ3) is 5.15. The van der Waals surface area contributed by atoms with E-state index in [-0.39, 0.29) is 16.2 Å². The van der Waals surface area contributed by atoms with E-state index in [4.69, 9.17) is 0 Å². The lowest BCUT2D eigenvalue weighted by Gasteiger charge is -2.41. The van der Waals surface area contributed by atoms with Crippen LogP contribution in [0.3, 0.4) is 0 Å². The Labute approximate surface area is 186 Å². The Morgan fingerprint density at radius 1 is 0.900 bits per heavy atom. The monoisotopic (exact) mass is 402 g/mol. The Bertz CT molecular complexity index is 892. The third-order valence-electron chi connectivity index (χ3n) is 7.66. The molecule has 0 heterocycles. The molecule has 162 valence electrons. The van der Waals surface area contributed by atoms with Crippen LogP contribution in [0.4, 0.5) is 0 Å². The largest absolute Gasteiger partial charge is 0.0840 e. The van der Waals surface area contributed by atoms with E-state index in [1.807, 2.05) is 0 Å². The molecule has 0 amide bonds. The van der Waals surface area contributed by atoms with Crippen LogP contribution in [0, 0.1) is 17.8 Å². The summed E-state index contributed by atoms with van der Waals surface area (Å²) in [5.74, 6) is 0. The molecule has 0 saturated heterocycles. The Balaban J connectivity index is 2.15. The van der Waals surface area contributed by atoms with Crippen molar-refractivity contribution in [2.24, 2.45) is 10.8 Å². The second-order valence-electron chi connectivity index (χ2n) is 10.5. The summed E-state index contributed by atoms with van der Waals surface area (Å²) in [6.45, 7) is 20.8. The molecule has 0 fully saturated rings. The van der Waals surface area contributed by atoms with Crippen molar-refractivity contribution in [3.05, 3.63) is 94.6 Å². The lowest BCUT2D eigenvalue weighted by atomic mass is 9.63. The highest BCUT2D eigenvalue weighted by Crippen LogP contribution is 2.44. The highest BCUT2D eigenvalue weighted by Gasteiger charge is 2.37. The van der Waals surface area contributed by atoms with Crippen molar-refractivity contribution in [2.45, 2.75) is 80.6 Å². The predicted octanol–water partition coefficient (Wildman–Crippen LogP) is 9.05. The van der Waals surface area contributed by atoms with Crippen molar-refractivity contribution in [2.75, 3.05) is 0 Å². The highest BCUT2D eigenvalue weighted by atomic mass is 14.4. The normalized spacial score (nSPS) is 16.9. The molecule has 1 aliphatic carbocycles. The maximum atomic E-state index is 2.36. The van der Waals surface area contributed by atoms with Gasteiger partial charge in [0.15, 0.2) is 0 Å². The minimum Gasteiger partial charge on any atom is -0.0840 e. The van der Waals surface area contributed by atoms with Crippen LogP contribution in [0.25, 0.3) is 0 Å². The number of hydrogen-bond donors (Lipinski definition) is 0. The van der Waals surface area contributed by atoms with Gasteiger partial charge < -0.3 is 0 Å². The van der Waals surface area contributed by atoms with Crippen molar-refractivity contribution in [1.82, 2.24) is 0 Å². The second kappa shape index (κ2) is 9.38. The molecule has 30 heavy (non-hydrogen) atoms. The molecule has 1 aromatic carbocycles. The Morgan fingerprint density at radius 3 is 2.20 bits per heavy atom. The average molecular weight is 403 g/mol. The molecule has 0 heteroatoms. The molecule has 1 aromatic rings. The molecule has 2 rings (SSSR count). The van der Waals surface area contributed by atoms with Crippen LogP contribution in [-0.4, -0.2) is 0 Å². The van der Waals surface area contributed by atoms with E-state index in [9.17, 15) is 0 Å². The van der Waals surface area contributed by atoms with Crippen LogP contribution in [0.1, 0.15) is 79.4 Å². The standard InChI is InChI=1S/C30H42/c1-23-17-12-14-20-26(23)29(6,7)25(3)19-11-10-16-22-28(4,5)30(8,9)27-21-15-13-18-24(27)2/h10-13,15-19,21-22H,14,20H2,1-9H3/b11-10+,22-16+,25-19-. The van der Waals surface area contributed by atoms with Crippen LogP contribution in [0.2, 0.25) is 0 Å². The van der Waals surface area contributed by atoms with Gasteiger partial charge in [0, 0.05) is 5.41 Å². The van der Waals surface area contributed by atoms with Gasteiger partial charge in [-0.3, -0.25) is 0 Å². The fourth-order valence-electron chi connectivity index (χ4n) is 4.43. The summed E-state index contributed by atoms with van der Waals surface area (Å²) in [4.78, 5) is 0. The summed E-state index contributed by atoms with van der Waals surface area (Å²) in [6.07, 6.45) is 18.1. The number of hydrogen-bond acceptors (Lipinski definition) is 0. The predicted molar refractivity (Wildman–Crippen MR) is 135 cm³/mol. The fraction of sp³-hybridized carbons (Fsp3) is 0.467.